The van der Waals surface area contributed by atoms with Gasteiger partial charge in [0.2, 0.25) is 28.5 Å². The van der Waals surface area contributed by atoms with Crippen LogP contribution in [0, 0.1) is 104 Å². The van der Waals surface area contributed by atoms with Crippen molar-refractivity contribution in [2.45, 2.75) is 147 Å². The summed E-state index contributed by atoms with van der Waals surface area (Å²) in [6.07, 6.45) is 15.2. The Hall–Kier alpha value is -11.7. The summed E-state index contributed by atoms with van der Waals surface area (Å²) in [5.74, 6) is -0.0144. The Kier molecular flexibility index (Phi) is 24.4. The van der Waals surface area contributed by atoms with Crippen LogP contribution in [-0.2, 0) is 40.7 Å². The fourth-order valence-electron chi connectivity index (χ4n) is 16.9. The molecule has 1 aliphatic carbocycles. The van der Waals surface area contributed by atoms with Gasteiger partial charge < -0.3 is 0 Å². The van der Waals surface area contributed by atoms with E-state index in [-0.39, 0.29) is 40.3 Å². The van der Waals surface area contributed by atoms with Gasteiger partial charge in [0.15, 0.2) is 31.0 Å². The Labute approximate surface area is 686 Å². The number of halogens is 6. The van der Waals surface area contributed by atoms with Gasteiger partial charge in [0.1, 0.15) is 70.1 Å². The summed E-state index contributed by atoms with van der Waals surface area (Å²) in [4.78, 5) is 0. The van der Waals surface area contributed by atoms with E-state index in [1.165, 1.54) is 138 Å². The molecule has 0 radical (unpaired) electrons. The minimum Gasteiger partial charge on any atom is -0.207 e. The van der Waals surface area contributed by atoms with Crippen LogP contribution in [0.25, 0.3) is 121 Å². The number of aryl methyl sites for hydroxylation is 10. The van der Waals surface area contributed by atoms with Gasteiger partial charge in [-0.25, -0.2) is 49.2 Å². The SMILES string of the molecule is Cc1cc(-c2c3ccc(F)cc3cc[n+]2C)c(C)c(C)c1F.Cc1cc(C(C)(C)C)cc(-c2c3ccc(F)cc3cc[n+]2C)c1C.Cc1cc(C(C)C)cc(-c2c3ccc(F)cc3cc[n+]2C)c1C.Cc1cc(C2CCCC2)cc(-c2c3ccc(F)cc3cc[n+]2C)c1C.Cc1cc2ccccc2cc1-c1c2ccc(F)cc2cc[n+]1C. The zero-order chi connectivity index (χ0) is 83.9. The van der Waals surface area contributed by atoms with Crippen molar-refractivity contribution in [3.05, 3.63) is 338 Å². The number of nitrogens with zero attached hydrogens (tertiary/aromatic N) is 5. The molecule has 594 valence electrons. The molecule has 0 amide bonds. The highest BCUT2D eigenvalue weighted by atomic mass is 19.1. The zero-order valence-electron chi connectivity index (χ0n) is 71.4. The second kappa shape index (κ2) is 34.2. The Morgan fingerprint density at radius 1 is 0.299 bits per heavy atom. The van der Waals surface area contributed by atoms with E-state index in [1.54, 1.807) is 62.4 Å². The molecule has 0 atom stereocenters. The number of benzene rings is 11. The minimum absolute atomic E-state index is 0.0858. The number of pyridine rings is 5. The van der Waals surface area contributed by atoms with Crippen LogP contribution in [0.5, 0.6) is 0 Å². The lowest BCUT2D eigenvalue weighted by atomic mass is 9.83. The van der Waals surface area contributed by atoms with Gasteiger partial charge in [0, 0.05) is 30.3 Å². The fraction of sp³-hybridized carbons (Fsp3) is 0.255. The predicted octanol–water partition coefficient (Wildman–Crippen LogP) is 25.8. The van der Waals surface area contributed by atoms with E-state index in [0.29, 0.717) is 23.0 Å². The molecule has 0 aliphatic heterocycles. The first-order valence-electron chi connectivity index (χ1n) is 40.7. The summed E-state index contributed by atoms with van der Waals surface area (Å²) in [6, 6.07) is 63.3. The summed E-state index contributed by atoms with van der Waals surface area (Å²) in [5.41, 5.74) is 26.9. The van der Waals surface area contributed by atoms with E-state index in [4.69, 9.17) is 0 Å². The van der Waals surface area contributed by atoms with Crippen molar-refractivity contribution in [2.24, 2.45) is 35.2 Å². The summed E-state index contributed by atoms with van der Waals surface area (Å²) in [6.45, 7) is 31.8. The third-order valence-electron chi connectivity index (χ3n) is 24.3. The van der Waals surface area contributed by atoms with Crippen LogP contribution in [0.1, 0.15) is 144 Å². The maximum absolute atomic E-state index is 14.1. The lowest BCUT2D eigenvalue weighted by Gasteiger charge is -2.22. The third kappa shape index (κ3) is 17.4. The van der Waals surface area contributed by atoms with E-state index in [9.17, 15) is 26.3 Å². The molecule has 0 unspecified atom stereocenters. The molecule has 1 aliphatic rings. The van der Waals surface area contributed by atoms with E-state index >= 15 is 0 Å². The topological polar surface area (TPSA) is 19.4 Å². The minimum atomic E-state index is -0.254. The first-order chi connectivity index (χ1) is 55.6. The van der Waals surface area contributed by atoms with Crippen LogP contribution in [0.3, 0.4) is 0 Å². The normalized spacial score (nSPS) is 12.3. The van der Waals surface area contributed by atoms with Crippen molar-refractivity contribution in [3.8, 4) is 56.3 Å². The van der Waals surface area contributed by atoms with Crippen molar-refractivity contribution in [2.75, 3.05) is 0 Å². The largest absolute Gasteiger partial charge is 0.220 e. The lowest BCUT2D eigenvalue weighted by Crippen LogP contribution is -2.31. The molecule has 17 rings (SSSR count). The van der Waals surface area contributed by atoms with E-state index in [1.807, 2.05) is 117 Å². The first-order valence-corrected chi connectivity index (χ1v) is 40.7. The average molecular weight is 1570 g/mol. The molecular weight excluding hydrogens is 1460 g/mol. The predicted molar refractivity (Wildman–Crippen MR) is 471 cm³/mol. The van der Waals surface area contributed by atoms with Gasteiger partial charge in [-0.05, 0) is 331 Å². The highest BCUT2D eigenvalue weighted by Gasteiger charge is 2.28. The lowest BCUT2D eigenvalue weighted by molar-refractivity contribution is -0.659. The van der Waals surface area contributed by atoms with E-state index in [0.717, 1.165) is 87.8 Å². The van der Waals surface area contributed by atoms with E-state index < -0.39 is 0 Å². The molecule has 5 heterocycles. The smallest absolute Gasteiger partial charge is 0.207 e. The Morgan fingerprint density at radius 3 is 1.01 bits per heavy atom. The molecule has 5 nitrogen and oxygen atoms in total. The standard InChI is InChI=1S/C23H25FN.C22H25FN.C21H17FN.C21H23FN.C19H18F2N/c1-15-12-19(17-6-4-5-7-17)14-22(16(15)2)23-21-9-8-20(24)13-18(21)10-11-25(23)3;1-14-11-17(22(3,4)5)13-20(15(14)2)21-19-8-7-18(23)12-16(19)9-10-24(21)6;1-14-11-15-5-3-4-6-16(15)13-20(14)21-19-8-7-18(22)12-17(19)9-10-23(21)2;1-13(2)17-10-14(3)15(4)20(12-17)21-19-7-6-18(22)11-16(19)8-9-23(21)5;1-11-9-17(12(2)13(3)18(11)21)19-16-6-5-15(20)10-14(16)7-8-22(19)4/h8-14,17H,4-7H2,1-3H3;7-13H,1-6H3;3-13H,1-2H3;6-13H,1-5H3;5-10H,1-4H3/q5*+1. The summed E-state index contributed by atoms with van der Waals surface area (Å²) < 4.78 is 92.5. The number of fused-ring (bicyclic) bond motifs is 6. The molecule has 1 saturated carbocycles. The van der Waals surface area contributed by atoms with Gasteiger partial charge in [-0.1, -0.05) is 96.0 Å². The second-order valence-corrected chi connectivity index (χ2v) is 33.7. The van der Waals surface area contributed by atoms with Gasteiger partial charge in [0.25, 0.3) is 0 Å². The second-order valence-electron chi connectivity index (χ2n) is 33.7. The van der Waals surface area contributed by atoms with Crippen LogP contribution in [0.15, 0.2) is 231 Å². The third-order valence-corrected chi connectivity index (χ3v) is 24.3. The van der Waals surface area contributed by atoms with Gasteiger partial charge in [-0.3, -0.25) is 0 Å². The number of aromatic nitrogens is 5. The van der Waals surface area contributed by atoms with Gasteiger partial charge in [0.05, 0.1) is 54.7 Å². The Morgan fingerprint density at radius 2 is 0.632 bits per heavy atom. The molecule has 0 N–H and O–H groups in total. The molecule has 0 spiro atoms. The maximum Gasteiger partial charge on any atom is 0.220 e. The first kappa shape index (κ1) is 83.3. The van der Waals surface area contributed by atoms with E-state index in [2.05, 4.69) is 195 Å². The molecule has 11 heteroatoms. The summed E-state index contributed by atoms with van der Waals surface area (Å²) >= 11 is 0. The van der Waals surface area contributed by atoms with Crippen molar-refractivity contribution in [1.29, 1.82) is 0 Å². The molecule has 0 saturated heterocycles. The summed E-state index contributed by atoms with van der Waals surface area (Å²) in [7, 11) is 10.2. The van der Waals surface area contributed by atoms with Crippen LogP contribution < -0.4 is 22.8 Å². The maximum atomic E-state index is 14.1. The van der Waals surface area contributed by atoms with Crippen LogP contribution in [0.2, 0.25) is 0 Å². The van der Waals surface area contributed by atoms with Crippen molar-refractivity contribution < 1.29 is 49.2 Å². The molecule has 11 aromatic carbocycles. The highest BCUT2D eigenvalue weighted by molar-refractivity contribution is 5.99. The average Bonchev–Trinajstić information content (AvgIpc) is 1.65. The number of rotatable bonds is 7. The molecule has 1 fully saturated rings. The van der Waals surface area contributed by atoms with Crippen molar-refractivity contribution in [3.63, 3.8) is 0 Å². The van der Waals surface area contributed by atoms with Crippen molar-refractivity contribution in [1.82, 2.24) is 0 Å². The van der Waals surface area contributed by atoms with Gasteiger partial charge in [-0.15, -0.1) is 0 Å². The van der Waals surface area contributed by atoms with Crippen LogP contribution in [0.4, 0.5) is 26.3 Å². The Balaban J connectivity index is 0.000000127. The molecule has 16 aromatic rings. The monoisotopic (exact) mass is 1560 g/mol. The van der Waals surface area contributed by atoms with Gasteiger partial charge in [-0.2, -0.15) is 0 Å². The number of hydrogen-bond donors (Lipinski definition) is 0. The van der Waals surface area contributed by atoms with Crippen LogP contribution in [-0.4, -0.2) is 0 Å². The Bertz CT molecular complexity index is 6560. The highest BCUT2D eigenvalue weighted by Crippen LogP contribution is 2.42. The quantitative estimate of drug-likeness (QED) is 0.112. The zero-order valence-corrected chi connectivity index (χ0v) is 71.4. The molecular formula is C106H108F6N5+5. The molecule has 5 aromatic heterocycles. The molecule has 0 bridgehead atoms. The van der Waals surface area contributed by atoms with Crippen LogP contribution >= 0.6 is 0 Å². The fourth-order valence-corrected chi connectivity index (χ4v) is 16.9. The number of hydrogen-bond acceptors (Lipinski definition) is 0. The van der Waals surface area contributed by atoms with Gasteiger partial charge >= 0.3 is 0 Å². The summed E-state index contributed by atoms with van der Waals surface area (Å²) in [5, 5.41) is 12.3. The molecule has 117 heavy (non-hydrogen) atoms. The van der Waals surface area contributed by atoms with Crippen molar-refractivity contribution >= 4 is 64.6 Å².